The van der Waals surface area contributed by atoms with Crippen LogP contribution >= 0.6 is 0 Å². The lowest BCUT2D eigenvalue weighted by molar-refractivity contribution is -0.121. The van der Waals surface area contributed by atoms with Crippen molar-refractivity contribution in [3.05, 3.63) is 29.8 Å². The zero-order valence-electron chi connectivity index (χ0n) is 10.8. The van der Waals surface area contributed by atoms with Gasteiger partial charge in [0.25, 0.3) is 0 Å². The van der Waals surface area contributed by atoms with Crippen LogP contribution in [0.5, 0.6) is 5.75 Å². The van der Waals surface area contributed by atoms with Gasteiger partial charge in [0.1, 0.15) is 11.5 Å². The number of benzene rings is 1. The van der Waals surface area contributed by atoms with Crippen molar-refractivity contribution < 1.29 is 18.3 Å². The van der Waals surface area contributed by atoms with Crippen LogP contribution < -0.4 is 4.74 Å². The second-order valence-corrected chi connectivity index (χ2v) is 4.61. The van der Waals surface area contributed by atoms with Crippen LogP contribution in [-0.2, 0) is 4.79 Å². The molecule has 1 aliphatic rings. The van der Waals surface area contributed by atoms with Gasteiger partial charge in [0.05, 0.1) is 5.92 Å². The number of aliphatic imine (C=N–C) groups is 1. The molecule has 1 saturated carbocycles. The van der Waals surface area contributed by atoms with Gasteiger partial charge in [-0.1, -0.05) is 19.1 Å². The fraction of sp³-hybridized carbons (Fsp3) is 0.429. The Morgan fingerprint density at radius 1 is 1.42 bits per heavy atom. The maximum Gasteiger partial charge on any atom is 0.387 e. The number of hydrogen-bond donors (Lipinski definition) is 0. The molecule has 2 rings (SSSR count). The predicted octanol–water partition coefficient (Wildman–Crippen LogP) is 3.05. The number of hydrogen-bond acceptors (Lipinski definition) is 3. The largest absolute Gasteiger partial charge is 0.435 e. The van der Waals surface area contributed by atoms with Crippen LogP contribution in [0.2, 0.25) is 0 Å². The summed E-state index contributed by atoms with van der Waals surface area (Å²) in [4.78, 5) is 16.3. The molecule has 19 heavy (non-hydrogen) atoms. The van der Waals surface area contributed by atoms with E-state index in [0.29, 0.717) is 12.0 Å². The summed E-state index contributed by atoms with van der Waals surface area (Å²) >= 11 is 0. The summed E-state index contributed by atoms with van der Waals surface area (Å²) in [6.07, 6.45) is 0.625. The highest BCUT2D eigenvalue weighted by molar-refractivity contribution is 6.16. The first-order valence-corrected chi connectivity index (χ1v) is 6.07. The van der Waals surface area contributed by atoms with Crippen LogP contribution in [0.1, 0.15) is 24.8 Å². The van der Waals surface area contributed by atoms with Gasteiger partial charge in [0.2, 0.25) is 0 Å². The summed E-state index contributed by atoms with van der Waals surface area (Å²) in [7, 11) is 1.65. The van der Waals surface area contributed by atoms with Gasteiger partial charge in [-0.2, -0.15) is 8.78 Å². The summed E-state index contributed by atoms with van der Waals surface area (Å²) < 4.78 is 28.8. The minimum atomic E-state index is -2.87. The number of ketones is 1. The van der Waals surface area contributed by atoms with Crippen LogP contribution in [-0.4, -0.2) is 25.2 Å². The average molecular weight is 267 g/mol. The first-order valence-electron chi connectivity index (χ1n) is 6.07. The molecule has 0 spiro atoms. The molecule has 2 unspecified atom stereocenters. The maximum atomic E-state index is 12.2. The summed E-state index contributed by atoms with van der Waals surface area (Å²) in [6.45, 7) is -1.01. The van der Waals surface area contributed by atoms with E-state index in [1.54, 1.807) is 19.2 Å². The lowest BCUT2D eigenvalue weighted by Crippen LogP contribution is -2.14. The second kappa shape index (κ2) is 5.47. The average Bonchev–Trinajstić information content (AvgIpc) is 2.65. The summed E-state index contributed by atoms with van der Waals surface area (Å²) in [5.41, 5.74) is 1.46. The topological polar surface area (TPSA) is 38.7 Å². The molecule has 5 heteroatoms. The van der Waals surface area contributed by atoms with Crippen molar-refractivity contribution in [1.82, 2.24) is 0 Å². The zero-order chi connectivity index (χ0) is 14.0. The van der Waals surface area contributed by atoms with Crippen LogP contribution in [0.15, 0.2) is 29.3 Å². The van der Waals surface area contributed by atoms with Crippen molar-refractivity contribution in [1.29, 1.82) is 0 Å². The first kappa shape index (κ1) is 13.6. The summed E-state index contributed by atoms with van der Waals surface area (Å²) in [5.74, 6) is -0.366. The van der Waals surface area contributed by atoms with E-state index < -0.39 is 12.5 Å². The maximum absolute atomic E-state index is 12.2. The van der Waals surface area contributed by atoms with Crippen molar-refractivity contribution in [3.8, 4) is 5.75 Å². The number of halogens is 2. The quantitative estimate of drug-likeness (QED) is 0.844. The third kappa shape index (κ3) is 2.80. The number of rotatable bonds is 3. The van der Waals surface area contributed by atoms with Crippen molar-refractivity contribution in [3.63, 3.8) is 0 Å². The molecule has 0 N–H and O–H groups in total. The first-order chi connectivity index (χ1) is 9.02. The number of carbonyl (C=O) groups is 1. The van der Waals surface area contributed by atoms with Gasteiger partial charge in [-0.3, -0.25) is 9.79 Å². The number of nitrogens with zero attached hydrogens (tertiary/aromatic N) is 1. The molecule has 1 aliphatic carbocycles. The van der Waals surface area contributed by atoms with E-state index in [2.05, 4.69) is 9.73 Å². The monoisotopic (exact) mass is 267 g/mol. The molecule has 0 radical (unpaired) electrons. The Morgan fingerprint density at radius 2 is 2.16 bits per heavy atom. The Balaban J connectivity index is 2.33. The molecule has 0 amide bonds. The van der Waals surface area contributed by atoms with Crippen LogP contribution in [0.4, 0.5) is 8.78 Å². The third-order valence-electron chi connectivity index (χ3n) is 3.32. The van der Waals surface area contributed by atoms with Crippen LogP contribution in [0, 0.1) is 5.92 Å². The Labute approximate surface area is 110 Å². The van der Waals surface area contributed by atoms with Crippen molar-refractivity contribution >= 4 is 11.5 Å². The van der Waals surface area contributed by atoms with Crippen molar-refractivity contribution in [2.45, 2.75) is 25.9 Å². The third-order valence-corrected chi connectivity index (χ3v) is 3.32. The molecular weight excluding hydrogens is 252 g/mol. The minimum absolute atomic E-state index is 0.0651. The highest BCUT2D eigenvalue weighted by Gasteiger charge is 2.37. The minimum Gasteiger partial charge on any atom is -0.435 e. The SMILES string of the molecule is CN=C1CC(C)C(=O)C1c1cccc(OC(F)F)c1. The number of ether oxygens (including phenoxy) is 1. The lowest BCUT2D eigenvalue weighted by Gasteiger charge is -2.12. The van der Waals surface area contributed by atoms with E-state index in [9.17, 15) is 13.6 Å². The molecule has 0 heterocycles. The van der Waals surface area contributed by atoms with Crippen LogP contribution in [0.25, 0.3) is 0 Å². The smallest absolute Gasteiger partial charge is 0.387 e. The Bertz CT molecular complexity index is 514. The molecule has 1 aromatic rings. The van der Waals surface area contributed by atoms with Crippen molar-refractivity contribution in [2.24, 2.45) is 10.9 Å². The molecule has 3 nitrogen and oxygen atoms in total. The zero-order valence-corrected chi connectivity index (χ0v) is 10.8. The van der Waals surface area contributed by atoms with Gasteiger partial charge in [-0.25, -0.2) is 0 Å². The second-order valence-electron chi connectivity index (χ2n) is 4.61. The Kier molecular flexibility index (Phi) is 3.93. The van der Waals surface area contributed by atoms with Crippen molar-refractivity contribution in [2.75, 3.05) is 7.05 Å². The summed E-state index contributed by atoms with van der Waals surface area (Å²) in [5, 5.41) is 0. The number of Topliss-reactive ketones (excluding diaryl/α,β-unsaturated/α-hetero) is 1. The van der Waals surface area contributed by atoms with Gasteiger partial charge in [-0.15, -0.1) is 0 Å². The standard InChI is InChI=1S/C14H15F2NO2/c1-8-6-11(17-2)12(13(8)18)9-4-3-5-10(7-9)19-14(15)16/h3-5,7-8,12,14H,6H2,1-2H3. The summed E-state index contributed by atoms with van der Waals surface area (Å²) in [6, 6.07) is 6.28. The van der Waals surface area contributed by atoms with E-state index in [0.717, 1.165) is 5.71 Å². The molecule has 0 aliphatic heterocycles. The Morgan fingerprint density at radius 3 is 2.79 bits per heavy atom. The molecule has 1 aromatic carbocycles. The van der Waals surface area contributed by atoms with Crippen LogP contribution in [0.3, 0.4) is 0 Å². The van der Waals surface area contributed by atoms with Gasteiger partial charge in [0.15, 0.2) is 0 Å². The fourth-order valence-electron chi connectivity index (χ4n) is 2.43. The molecule has 2 atom stereocenters. The molecule has 0 saturated heterocycles. The van der Waals surface area contributed by atoms with E-state index in [1.807, 2.05) is 6.92 Å². The fourth-order valence-corrected chi connectivity index (χ4v) is 2.43. The number of carbonyl (C=O) groups excluding carboxylic acids is 1. The van der Waals surface area contributed by atoms with E-state index in [4.69, 9.17) is 0 Å². The molecule has 1 fully saturated rings. The number of alkyl halides is 2. The van der Waals surface area contributed by atoms with Gasteiger partial charge in [-0.05, 0) is 24.1 Å². The van der Waals surface area contributed by atoms with E-state index >= 15 is 0 Å². The van der Waals surface area contributed by atoms with Gasteiger partial charge in [0, 0.05) is 18.7 Å². The van der Waals surface area contributed by atoms with E-state index in [1.165, 1.54) is 12.1 Å². The molecule has 0 aromatic heterocycles. The normalized spacial score (nSPS) is 25.3. The molecular formula is C14H15F2NO2. The molecule has 0 bridgehead atoms. The van der Waals surface area contributed by atoms with Gasteiger partial charge < -0.3 is 4.74 Å². The van der Waals surface area contributed by atoms with E-state index in [-0.39, 0.29) is 17.5 Å². The highest BCUT2D eigenvalue weighted by Crippen LogP contribution is 2.34. The lowest BCUT2D eigenvalue weighted by atomic mass is 9.94. The Hall–Kier alpha value is -1.78. The van der Waals surface area contributed by atoms with Gasteiger partial charge >= 0.3 is 6.61 Å². The molecule has 102 valence electrons. The predicted molar refractivity (Wildman–Crippen MR) is 68.0 cm³/mol. The highest BCUT2D eigenvalue weighted by atomic mass is 19.3.